The molecule has 1 aliphatic rings. The molecule has 0 spiro atoms. The van der Waals surface area contributed by atoms with Gasteiger partial charge in [-0.25, -0.2) is 4.79 Å². The second kappa shape index (κ2) is 7.11. The van der Waals surface area contributed by atoms with Crippen molar-refractivity contribution >= 4 is 11.9 Å². The fourth-order valence-electron chi connectivity index (χ4n) is 2.38. The van der Waals surface area contributed by atoms with E-state index in [1.165, 1.54) is 0 Å². The zero-order valence-electron chi connectivity index (χ0n) is 12.7. The lowest BCUT2D eigenvalue weighted by atomic mass is 10.1. The number of nitrogens with zero attached hydrogens (tertiary/aromatic N) is 2. The standard InChI is InChI=1S/C16H23N3O2/c1-13(2)15(20)18-8-10-19(11-9-18)16(21)17-12-14-6-4-3-5-7-14/h3-7,13H,8-12H2,1-2H3,(H,17,21). The Balaban J connectivity index is 1.77. The molecule has 5 nitrogen and oxygen atoms in total. The number of urea groups is 1. The van der Waals surface area contributed by atoms with Crippen molar-refractivity contribution in [3.8, 4) is 0 Å². The molecule has 0 unspecified atom stereocenters. The summed E-state index contributed by atoms with van der Waals surface area (Å²) in [6.07, 6.45) is 0. The van der Waals surface area contributed by atoms with Crippen LogP contribution < -0.4 is 5.32 Å². The van der Waals surface area contributed by atoms with E-state index in [9.17, 15) is 9.59 Å². The predicted octanol–water partition coefficient (Wildman–Crippen LogP) is 1.70. The Hall–Kier alpha value is -2.04. The van der Waals surface area contributed by atoms with Crippen molar-refractivity contribution in [2.24, 2.45) is 5.92 Å². The maximum atomic E-state index is 12.1. The Morgan fingerprint density at radius 2 is 1.62 bits per heavy atom. The van der Waals surface area contributed by atoms with Gasteiger partial charge in [-0.2, -0.15) is 0 Å². The van der Waals surface area contributed by atoms with Crippen LogP contribution >= 0.6 is 0 Å². The summed E-state index contributed by atoms with van der Waals surface area (Å²) in [6, 6.07) is 9.78. The van der Waals surface area contributed by atoms with Crippen molar-refractivity contribution in [1.29, 1.82) is 0 Å². The van der Waals surface area contributed by atoms with Crippen molar-refractivity contribution in [3.05, 3.63) is 35.9 Å². The Kier molecular flexibility index (Phi) is 5.20. The third-order valence-corrected chi connectivity index (χ3v) is 3.66. The van der Waals surface area contributed by atoms with Crippen LogP contribution in [-0.2, 0) is 11.3 Å². The van der Waals surface area contributed by atoms with Crippen molar-refractivity contribution in [1.82, 2.24) is 15.1 Å². The number of hydrogen-bond donors (Lipinski definition) is 1. The Labute approximate surface area is 125 Å². The predicted molar refractivity (Wildman–Crippen MR) is 81.7 cm³/mol. The van der Waals surface area contributed by atoms with Gasteiger partial charge in [0.25, 0.3) is 0 Å². The molecule has 1 fully saturated rings. The Morgan fingerprint density at radius 3 is 2.19 bits per heavy atom. The number of benzene rings is 1. The molecule has 3 amide bonds. The van der Waals surface area contributed by atoms with Gasteiger partial charge in [0.05, 0.1) is 0 Å². The van der Waals surface area contributed by atoms with Crippen LogP contribution in [0.5, 0.6) is 0 Å². The van der Waals surface area contributed by atoms with Gasteiger partial charge in [0.2, 0.25) is 5.91 Å². The van der Waals surface area contributed by atoms with Crippen LogP contribution in [0.3, 0.4) is 0 Å². The van der Waals surface area contributed by atoms with Crippen LogP contribution in [0.4, 0.5) is 4.79 Å². The summed E-state index contributed by atoms with van der Waals surface area (Å²) in [6.45, 7) is 6.77. The van der Waals surface area contributed by atoms with Crippen molar-refractivity contribution in [3.63, 3.8) is 0 Å². The van der Waals surface area contributed by atoms with Gasteiger partial charge in [0.15, 0.2) is 0 Å². The second-order valence-electron chi connectivity index (χ2n) is 5.61. The van der Waals surface area contributed by atoms with Crippen LogP contribution in [-0.4, -0.2) is 47.9 Å². The van der Waals surface area contributed by atoms with Gasteiger partial charge in [-0.1, -0.05) is 44.2 Å². The molecule has 0 radical (unpaired) electrons. The zero-order chi connectivity index (χ0) is 15.2. The minimum atomic E-state index is -0.0597. The first-order valence-electron chi connectivity index (χ1n) is 7.43. The van der Waals surface area contributed by atoms with Gasteiger partial charge in [-0.15, -0.1) is 0 Å². The van der Waals surface area contributed by atoms with E-state index in [1.54, 1.807) is 4.90 Å². The fraction of sp³-hybridized carbons (Fsp3) is 0.500. The van der Waals surface area contributed by atoms with Gasteiger partial charge < -0.3 is 15.1 Å². The third kappa shape index (κ3) is 4.21. The van der Waals surface area contributed by atoms with Crippen LogP contribution in [0.15, 0.2) is 30.3 Å². The molecule has 0 aromatic heterocycles. The Bertz CT molecular complexity index is 480. The molecule has 1 N–H and O–H groups in total. The molecular weight excluding hydrogens is 266 g/mol. The van der Waals surface area contributed by atoms with E-state index >= 15 is 0 Å². The summed E-state index contributed by atoms with van der Waals surface area (Å²) in [5, 5.41) is 2.92. The van der Waals surface area contributed by atoms with Crippen LogP contribution in [0.25, 0.3) is 0 Å². The second-order valence-corrected chi connectivity index (χ2v) is 5.61. The van der Waals surface area contributed by atoms with Gasteiger partial charge >= 0.3 is 6.03 Å². The maximum Gasteiger partial charge on any atom is 0.317 e. The first-order valence-corrected chi connectivity index (χ1v) is 7.43. The quantitative estimate of drug-likeness (QED) is 0.920. The maximum absolute atomic E-state index is 12.1. The summed E-state index contributed by atoms with van der Waals surface area (Å²) in [5.41, 5.74) is 1.08. The fourth-order valence-corrected chi connectivity index (χ4v) is 2.38. The van der Waals surface area contributed by atoms with Crippen molar-refractivity contribution < 1.29 is 9.59 Å². The highest BCUT2D eigenvalue weighted by atomic mass is 16.2. The lowest BCUT2D eigenvalue weighted by Gasteiger charge is -2.35. The molecule has 21 heavy (non-hydrogen) atoms. The highest BCUT2D eigenvalue weighted by Crippen LogP contribution is 2.07. The van der Waals surface area contributed by atoms with E-state index in [0.717, 1.165) is 5.56 Å². The molecule has 0 atom stereocenters. The minimum absolute atomic E-state index is 0.0171. The molecule has 1 saturated heterocycles. The summed E-state index contributed by atoms with van der Waals surface area (Å²) in [5.74, 6) is 0.183. The summed E-state index contributed by atoms with van der Waals surface area (Å²) in [7, 11) is 0. The number of carbonyl (C=O) groups is 2. The SMILES string of the molecule is CC(C)C(=O)N1CCN(C(=O)NCc2ccccc2)CC1. The number of nitrogens with one attached hydrogen (secondary N) is 1. The Morgan fingerprint density at radius 1 is 1.05 bits per heavy atom. The molecule has 2 rings (SSSR count). The van der Waals surface area contributed by atoms with E-state index in [1.807, 2.05) is 49.1 Å². The molecule has 1 heterocycles. The van der Waals surface area contributed by atoms with E-state index in [0.29, 0.717) is 32.7 Å². The lowest BCUT2D eigenvalue weighted by molar-refractivity contribution is -0.135. The highest BCUT2D eigenvalue weighted by molar-refractivity contribution is 5.79. The largest absolute Gasteiger partial charge is 0.339 e. The smallest absolute Gasteiger partial charge is 0.317 e. The van der Waals surface area contributed by atoms with Crippen LogP contribution in [0.1, 0.15) is 19.4 Å². The molecule has 1 aromatic carbocycles. The first kappa shape index (κ1) is 15.4. The zero-order valence-corrected chi connectivity index (χ0v) is 12.7. The topological polar surface area (TPSA) is 52.7 Å². The molecule has 1 aliphatic heterocycles. The molecule has 0 bridgehead atoms. The average Bonchev–Trinajstić information content (AvgIpc) is 2.53. The first-order chi connectivity index (χ1) is 10.1. The number of amides is 3. The summed E-state index contributed by atoms with van der Waals surface area (Å²) < 4.78 is 0. The normalized spacial score (nSPS) is 15.2. The summed E-state index contributed by atoms with van der Waals surface area (Å²) >= 11 is 0. The van der Waals surface area contributed by atoms with Gasteiger partial charge in [-0.05, 0) is 5.56 Å². The lowest BCUT2D eigenvalue weighted by Crippen LogP contribution is -2.53. The number of piperazine rings is 1. The summed E-state index contributed by atoms with van der Waals surface area (Å²) in [4.78, 5) is 27.6. The minimum Gasteiger partial charge on any atom is -0.339 e. The highest BCUT2D eigenvalue weighted by Gasteiger charge is 2.25. The molecular formula is C16H23N3O2. The van der Waals surface area contributed by atoms with Gasteiger partial charge in [-0.3, -0.25) is 4.79 Å². The molecule has 5 heteroatoms. The van der Waals surface area contributed by atoms with E-state index < -0.39 is 0 Å². The van der Waals surface area contributed by atoms with E-state index in [2.05, 4.69) is 5.32 Å². The number of carbonyl (C=O) groups excluding carboxylic acids is 2. The van der Waals surface area contributed by atoms with Crippen LogP contribution in [0.2, 0.25) is 0 Å². The van der Waals surface area contributed by atoms with E-state index in [-0.39, 0.29) is 17.9 Å². The molecule has 0 aliphatic carbocycles. The number of rotatable bonds is 3. The molecule has 114 valence electrons. The molecule has 0 saturated carbocycles. The van der Waals surface area contributed by atoms with Crippen LogP contribution in [0, 0.1) is 5.92 Å². The van der Waals surface area contributed by atoms with E-state index in [4.69, 9.17) is 0 Å². The molecule has 1 aromatic rings. The van der Waals surface area contributed by atoms with Gasteiger partial charge in [0.1, 0.15) is 0 Å². The number of hydrogen-bond acceptors (Lipinski definition) is 2. The monoisotopic (exact) mass is 289 g/mol. The van der Waals surface area contributed by atoms with Gasteiger partial charge in [0, 0.05) is 38.6 Å². The average molecular weight is 289 g/mol. The third-order valence-electron chi connectivity index (χ3n) is 3.66. The van der Waals surface area contributed by atoms with Crippen molar-refractivity contribution in [2.45, 2.75) is 20.4 Å². The van der Waals surface area contributed by atoms with Crippen molar-refractivity contribution in [2.75, 3.05) is 26.2 Å².